The van der Waals surface area contributed by atoms with Crippen LogP contribution in [0.15, 0.2) is 23.0 Å². The van der Waals surface area contributed by atoms with Gasteiger partial charge >= 0.3 is 11.8 Å². The lowest BCUT2D eigenvalue weighted by Crippen LogP contribution is -2.44. The topological polar surface area (TPSA) is 106 Å². The highest BCUT2D eigenvalue weighted by atomic mass is 16.5. The maximum absolute atomic E-state index is 13.0. The molecule has 0 radical (unpaired) electrons. The number of hydrogen-bond donors (Lipinski definition) is 1. The average molecular weight is 498 g/mol. The number of aryl methyl sites for hydroxylation is 1. The third kappa shape index (κ3) is 4.66. The van der Waals surface area contributed by atoms with Gasteiger partial charge in [-0.2, -0.15) is 0 Å². The van der Waals surface area contributed by atoms with Gasteiger partial charge < -0.3 is 14.5 Å². The number of fused-ring (bicyclic) bond motifs is 1. The lowest BCUT2D eigenvalue weighted by atomic mass is 9.88. The molecule has 1 aromatic carbocycles. The predicted octanol–water partition coefficient (Wildman–Crippen LogP) is 1.98. The van der Waals surface area contributed by atoms with Crippen molar-refractivity contribution in [2.75, 3.05) is 39.8 Å². The maximum Gasteiger partial charge on any atom is 0.409 e. The Morgan fingerprint density at radius 2 is 1.72 bits per heavy atom. The first kappa shape index (κ1) is 24.5. The monoisotopic (exact) mass is 497 g/mol. The van der Waals surface area contributed by atoms with Crippen LogP contribution >= 0.6 is 0 Å². The van der Waals surface area contributed by atoms with Gasteiger partial charge in [0, 0.05) is 33.1 Å². The van der Waals surface area contributed by atoms with Gasteiger partial charge in [-0.05, 0) is 74.7 Å². The van der Waals surface area contributed by atoms with Gasteiger partial charge in [0.15, 0.2) is 0 Å². The number of benzene rings is 1. The third-order valence-electron chi connectivity index (χ3n) is 8.26. The molecule has 36 heavy (non-hydrogen) atoms. The zero-order chi connectivity index (χ0) is 25.4. The summed E-state index contributed by atoms with van der Waals surface area (Å²) in [6.07, 6.45) is 4.51. The molecule has 3 amide bonds. The van der Waals surface area contributed by atoms with E-state index in [9.17, 15) is 19.2 Å². The number of piperidine rings is 3. The molecule has 3 aliphatic heterocycles. The van der Waals surface area contributed by atoms with E-state index in [1.165, 1.54) is 17.2 Å². The molecule has 0 spiro atoms. The first-order chi connectivity index (χ1) is 17.4. The molecule has 10 nitrogen and oxygen atoms in total. The van der Waals surface area contributed by atoms with E-state index in [-0.39, 0.29) is 24.1 Å². The second kappa shape index (κ2) is 10.1. The molecule has 194 valence electrons. The summed E-state index contributed by atoms with van der Waals surface area (Å²) in [6, 6.07) is 5.49. The molecule has 0 saturated carbocycles. The van der Waals surface area contributed by atoms with E-state index in [2.05, 4.69) is 22.3 Å². The Balaban J connectivity index is 1.23. The van der Waals surface area contributed by atoms with E-state index >= 15 is 0 Å². The van der Waals surface area contributed by atoms with Crippen LogP contribution in [0.2, 0.25) is 0 Å². The van der Waals surface area contributed by atoms with Gasteiger partial charge in [-0.3, -0.25) is 24.0 Å². The molecule has 1 atom stereocenters. The number of rotatable bonds is 4. The smallest absolute Gasteiger partial charge is 0.409 e. The van der Waals surface area contributed by atoms with Crippen molar-refractivity contribution < 1.29 is 19.1 Å². The Labute approximate surface area is 210 Å². The van der Waals surface area contributed by atoms with Gasteiger partial charge in [0.1, 0.15) is 6.04 Å². The molecular formula is C26H35N5O5. The Morgan fingerprint density at radius 1 is 1.00 bits per heavy atom. The van der Waals surface area contributed by atoms with Crippen molar-refractivity contribution in [2.45, 2.75) is 50.5 Å². The normalized spacial score (nSPS) is 22.7. The van der Waals surface area contributed by atoms with Crippen LogP contribution in [0, 0.1) is 5.92 Å². The molecule has 2 aromatic rings. The summed E-state index contributed by atoms with van der Waals surface area (Å²) in [7, 11) is 3.18. The fourth-order valence-electron chi connectivity index (χ4n) is 6.11. The Morgan fingerprint density at radius 3 is 2.39 bits per heavy atom. The summed E-state index contributed by atoms with van der Waals surface area (Å²) in [4.78, 5) is 53.1. The number of hydrogen-bond acceptors (Lipinski definition) is 6. The number of methoxy groups -OCH3 is 1. The van der Waals surface area contributed by atoms with Crippen molar-refractivity contribution >= 4 is 28.9 Å². The van der Waals surface area contributed by atoms with E-state index in [0.717, 1.165) is 69.4 Å². The van der Waals surface area contributed by atoms with Crippen LogP contribution < -0.4 is 11.0 Å². The minimum atomic E-state index is -0.660. The Bertz CT molecular complexity index is 1220. The van der Waals surface area contributed by atoms with Crippen LogP contribution in [0.3, 0.4) is 0 Å². The summed E-state index contributed by atoms with van der Waals surface area (Å²) >= 11 is 0. The summed E-state index contributed by atoms with van der Waals surface area (Å²) in [5.41, 5.74) is 2.55. The van der Waals surface area contributed by atoms with Crippen molar-refractivity contribution in [2.24, 2.45) is 13.0 Å². The molecule has 1 aromatic heterocycles. The number of likely N-dealkylation sites (tertiary alicyclic amines) is 2. The van der Waals surface area contributed by atoms with Crippen molar-refractivity contribution in [3.8, 4) is 0 Å². The SMILES string of the molecule is COC(=O)N1CCC(CN2CCC(c3ccc4c(c3)n(C)c(=O)n4C3CCC(=O)NC3=O)CC2)CC1. The van der Waals surface area contributed by atoms with Gasteiger partial charge in [0.25, 0.3) is 0 Å². The van der Waals surface area contributed by atoms with Crippen molar-refractivity contribution in [1.82, 2.24) is 24.3 Å². The van der Waals surface area contributed by atoms with Crippen LogP contribution in [0.25, 0.3) is 11.0 Å². The van der Waals surface area contributed by atoms with Crippen molar-refractivity contribution in [1.29, 1.82) is 0 Å². The van der Waals surface area contributed by atoms with Gasteiger partial charge in [0.2, 0.25) is 11.8 Å². The molecule has 1 N–H and O–H groups in total. The first-order valence-corrected chi connectivity index (χ1v) is 13.0. The van der Waals surface area contributed by atoms with Gasteiger partial charge in [-0.15, -0.1) is 0 Å². The highest BCUT2D eigenvalue weighted by Gasteiger charge is 2.32. The quantitative estimate of drug-likeness (QED) is 0.648. The van der Waals surface area contributed by atoms with E-state index < -0.39 is 11.9 Å². The van der Waals surface area contributed by atoms with E-state index in [0.29, 0.717) is 18.3 Å². The molecule has 3 saturated heterocycles. The van der Waals surface area contributed by atoms with E-state index in [1.54, 1.807) is 16.5 Å². The van der Waals surface area contributed by atoms with Gasteiger partial charge in [0.05, 0.1) is 18.1 Å². The van der Waals surface area contributed by atoms with E-state index in [4.69, 9.17) is 4.74 Å². The molecule has 10 heteroatoms. The number of imidazole rings is 1. The molecular weight excluding hydrogens is 462 g/mol. The van der Waals surface area contributed by atoms with Crippen molar-refractivity contribution in [3.63, 3.8) is 0 Å². The highest BCUT2D eigenvalue weighted by molar-refractivity contribution is 6.00. The number of carbonyl (C=O) groups is 3. The van der Waals surface area contributed by atoms with Crippen LogP contribution in [0.1, 0.15) is 56.0 Å². The number of nitrogens with one attached hydrogen (secondary N) is 1. The molecule has 4 heterocycles. The number of aromatic nitrogens is 2. The predicted molar refractivity (Wildman–Crippen MR) is 134 cm³/mol. The maximum atomic E-state index is 13.0. The standard InChI is InChI=1S/C26H35N5O5/c1-28-22-15-19(3-4-20(22)31(25(28)34)21-5-6-23(32)27-24(21)33)18-9-11-29(12-10-18)16-17-7-13-30(14-8-17)26(35)36-2/h3-4,15,17-18,21H,5-14,16H2,1-2H3,(H,27,32,33). The summed E-state index contributed by atoms with van der Waals surface area (Å²) < 4.78 is 7.98. The molecule has 3 aliphatic rings. The summed E-state index contributed by atoms with van der Waals surface area (Å²) in [5, 5.41) is 2.36. The summed E-state index contributed by atoms with van der Waals surface area (Å²) in [6.45, 7) is 4.69. The number of amides is 3. The number of ether oxygens (including phenoxy) is 1. The lowest BCUT2D eigenvalue weighted by molar-refractivity contribution is -0.135. The zero-order valence-corrected chi connectivity index (χ0v) is 21.1. The largest absolute Gasteiger partial charge is 0.453 e. The lowest BCUT2D eigenvalue weighted by Gasteiger charge is -2.37. The molecule has 0 aliphatic carbocycles. The van der Waals surface area contributed by atoms with Gasteiger partial charge in [-0.1, -0.05) is 6.07 Å². The second-order valence-corrected chi connectivity index (χ2v) is 10.4. The van der Waals surface area contributed by atoms with Crippen LogP contribution in [0.4, 0.5) is 4.79 Å². The molecule has 3 fully saturated rings. The summed E-state index contributed by atoms with van der Waals surface area (Å²) in [5.74, 6) is 0.347. The minimum absolute atomic E-state index is 0.226. The Hall–Kier alpha value is -3.14. The number of carbonyl (C=O) groups excluding carboxylic acids is 3. The first-order valence-electron chi connectivity index (χ1n) is 13.0. The van der Waals surface area contributed by atoms with Crippen LogP contribution in [-0.4, -0.2) is 76.7 Å². The molecule has 1 unspecified atom stereocenters. The second-order valence-electron chi connectivity index (χ2n) is 10.4. The van der Waals surface area contributed by atoms with Crippen molar-refractivity contribution in [3.05, 3.63) is 34.2 Å². The fourth-order valence-corrected chi connectivity index (χ4v) is 6.11. The highest BCUT2D eigenvalue weighted by Crippen LogP contribution is 2.32. The number of nitrogens with zero attached hydrogens (tertiary/aromatic N) is 4. The molecule has 5 rings (SSSR count). The van der Waals surface area contributed by atoms with Gasteiger partial charge in [-0.25, -0.2) is 9.59 Å². The fraction of sp³-hybridized carbons (Fsp3) is 0.615. The third-order valence-corrected chi connectivity index (χ3v) is 8.26. The molecule has 0 bridgehead atoms. The van der Waals surface area contributed by atoms with E-state index in [1.807, 2.05) is 6.07 Å². The van der Waals surface area contributed by atoms with Crippen LogP contribution in [-0.2, 0) is 21.4 Å². The number of imide groups is 1. The average Bonchev–Trinajstić information content (AvgIpc) is 3.14. The minimum Gasteiger partial charge on any atom is -0.453 e. The Kier molecular flexibility index (Phi) is 6.87. The van der Waals surface area contributed by atoms with Crippen LogP contribution in [0.5, 0.6) is 0 Å². The zero-order valence-electron chi connectivity index (χ0n) is 21.1.